The minimum Gasteiger partial charge on any atom is -0.307 e. The summed E-state index contributed by atoms with van der Waals surface area (Å²) in [6, 6.07) is 0. The third-order valence-corrected chi connectivity index (χ3v) is 2.70. The highest BCUT2D eigenvalue weighted by atomic mass is 127. The minimum atomic E-state index is 1.03. The molecule has 0 unspecified atom stereocenters. The molecule has 0 rings (SSSR count). The van der Waals surface area contributed by atoms with E-state index >= 15 is 0 Å². The summed E-state index contributed by atoms with van der Waals surface area (Å²) in [6.07, 6.45) is 4.10. The largest absolute Gasteiger partial charge is 0.307 e. The molecule has 0 aromatic rings. The Morgan fingerprint density at radius 1 is 1.25 bits per heavy atom. The molecule has 12 heavy (non-hydrogen) atoms. The molecular weight excluding hydrogens is 263 g/mol. The first-order valence-electron chi connectivity index (χ1n) is 4.78. The Balaban J connectivity index is 3.19. The van der Waals surface area contributed by atoms with Gasteiger partial charge in [-0.2, -0.15) is 0 Å². The number of halogens is 1. The lowest BCUT2D eigenvalue weighted by molar-refractivity contribution is 0.268. The number of alkyl halides is 1. The summed E-state index contributed by atoms with van der Waals surface area (Å²) in [5.74, 6) is 0. The molecule has 0 aliphatic heterocycles. The van der Waals surface area contributed by atoms with Gasteiger partial charge in [0.05, 0.1) is 0 Å². The molecule has 0 heterocycles. The first kappa shape index (κ1) is 12.7. The fourth-order valence-electron chi connectivity index (χ4n) is 1.18. The molecule has 74 valence electrons. The smallest absolute Gasteiger partial charge is 0.0477 e. The van der Waals surface area contributed by atoms with Crippen molar-refractivity contribution in [2.24, 2.45) is 0 Å². The van der Waals surface area contributed by atoms with Crippen LogP contribution < -0.4 is 5.32 Å². The van der Waals surface area contributed by atoms with E-state index in [-0.39, 0.29) is 0 Å². The Hall–Kier alpha value is 0.650. The van der Waals surface area contributed by atoms with Gasteiger partial charge in [0.25, 0.3) is 0 Å². The number of nitrogens with one attached hydrogen (secondary N) is 1. The Morgan fingerprint density at radius 3 is 2.50 bits per heavy atom. The minimum absolute atomic E-state index is 1.03. The lowest BCUT2D eigenvalue weighted by Crippen LogP contribution is -2.32. The van der Waals surface area contributed by atoms with Gasteiger partial charge in [0, 0.05) is 6.67 Å². The summed E-state index contributed by atoms with van der Waals surface area (Å²) in [5.41, 5.74) is 0. The molecule has 0 fully saturated rings. The predicted molar refractivity (Wildman–Crippen MR) is 63.9 cm³/mol. The highest BCUT2D eigenvalue weighted by Gasteiger charge is 1.98. The van der Waals surface area contributed by atoms with Crippen LogP contribution in [0.4, 0.5) is 0 Å². The van der Waals surface area contributed by atoms with Crippen molar-refractivity contribution in [3.8, 4) is 0 Å². The van der Waals surface area contributed by atoms with Crippen molar-refractivity contribution in [2.75, 3.05) is 31.2 Å². The van der Waals surface area contributed by atoms with Crippen molar-refractivity contribution in [3.63, 3.8) is 0 Å². The summed E-state index contributed by atoms with van der Waals surface area (Å²) < 4.78 is 1.30. The van der Waals surface area contributed by atoms with Crippen molar-refractivity contribution >= 4 is 22.6 Å². The zero-order valence-electron chi connectivity index (χ0n) is 8.27. The van der Waals surface area contributed by atoms with Crippen LogP contribution in [-0.4, -0.2) is 36.1 Å². The Kier molecular flexibility index (Phi) is 10.3. The zero-order chi connectivity index (χ0) is 9.23. The van der Waals surface area contributed by atoms with E-state index in [9.17, 15) is 0 Å². The third kappa shape index (κ3) is 7.31. The van der Waals surface area contributed by atoms with Crippen LogP contribution in [0.3, 0.4) is 0 Å². The van der Waals surface area contributed by atoms with Gasteiger partial charge in [-0.05, 0) is 37.4 Å². The molecule has 0 spiro atoms. The van der Waals surface area contributed by atoms with E-state index in [2.05, 4.69) is 39.7 Å². The van der Waals surface area contributed by atoms with Crippen molar-refractivity contribution in [3.05, 3.63) is 0 Å². The molecule has 2 nitrogen and oxygen atoms in total. The van der Waals surface area contributed by atoms with Crippen molar-refractivity contribution < 1.29 is 0 Å². The lowest BCUT2D eigenvalue weighted by Gasteiger charge is -2.19. The molecule has 1 N–H and O–H groups in total. The van der Waals surface area contributed by atoms with Gasteiger partial charge in [0.1, 0.15) is 0 Å². The maximum atomic E-state index is 3.18. The molecular formula is C9H21IN2. The maximum Gasteiger partial charge on any atom is 0.0477 e. The van der Waals surface area contributed by atoms with Crippen LogP contribution in [0.1, 0.15) is 26.2 Å². The van der Waals surface area contributed by atoms with Gasteiger partial charge in [-0.1, -0.05) is 35.9 Å². The molecule has 0 bridgehead atoms. The van der Waals surface area contributed by atoms with Crippen LogP contribution >= 0.6 is 22.6 Å². The van der Waals surface area contributed by atoms with E-state index in [0.717, 1.165) is 13.2 Å². The zero-order valence-corrected chi connectivity index (χ0v) is 10.4. The Morgan fingerprint density at radius 2 is 2.00 bits per heavy atom. The molecule has 0 aromatic heterocycles. The normalized spacial score (nSPS) is 11.0. The topological polar surface area (TPSA) is 15.3 Å². The van der Waals surface area contributed by atoms with Gasteiger partial charge in [-0.15, -0.1) is 0 Å². The van der Waals surface area contributed by atoms with Crippen LogP contribution in [0.2, 0.25) is 0 Å². The summed E-state index contributed by atoms with van der Waals surface area (Å²) in [5, 5.41) is 3.18. The third-order valence-electron chi connectivity index (χ3n) is 1.94. The van der Waals surface area contributed by atoms with E-state index in [0.29, 0.717) is 0 Å². The SMILES string of the molecule is CCN(CCCCCI)CNC. The second-order valence-electron chi connectivity index (χ2n) is 2.97. The molecule has 0 aliphatic rings. The second kappa shape index (κ2) is 9.74. The molecule has 0 saturated heterocycles. The van der Waals surface area contributed by atoms with E-state index in [1.807, 2.05) is 7.05 Å². The monoisotopic (exact) mass is 284 g/mol. The van der Waals surface area contributed by atoms with Gasteiger partial charge in [0.2, 0.25) is 0 Å². The molecule has 0 aliphatic carbocycles. The average Bonchev–Trinajstić information content (AvgIpc) is 2.10. The Bertz CT molecular complexity index is 88.6. The number of hydrogen-bond acceptors (Lipinski definition) is 2. The van der Waals surface area contributed by atoms with Crippen LogP contribution in [-0.2, 0) is 0 Å². The summed E-state index contributed by atoms with van der Waals surface area (Å²) in [7, 11) is 2.01. The summed E-state index contributed by atoms with van der Waals surface area (Å²) in [4.78, 5) is 2.44. The van der Waals surface area contributed by atoms with Gasteiger partial charge in [0.15, 0.2) is 0 Å². The second-order valence-corrected chi connectivity index (χ2v) is 4.05. The molecule has 0 aromatic carbocycles. The molecule has 0 amide bonds. The van der Waals surface area contributed by atoms with Crippen LogP contribution in [0, 0.1) is 0 Å². The highest BCUT2D eigenvalue weighted by molar-refractivity contribution is 14.1. The number of hydrogen-bond donors (Lipinski definition) is 1. The van der Waals surface area contributed by atoms with Crippen molar-refractivity contribution in [1.29, 1.82) is 0 Å². The fourth-order valence-corrected chi connectivity index (χ4v) is 1.72. The lowest BCUT2D eigenvalue weighted by atomic mass is 10.2. The van der Waals surface area contributed by atoms with Gasteiger partial charge < -0.3 is 5.32 Å². The molecule has 3 heteroatoms. The highest BCUT2D eigenvalue weighted by Crippen LogP contribution is 2.00. The number of nitrogens with zero attached hydrogens (tertiary/aromatic N) is 1. The van der Waals surface area contributed by atoms with Crippen LogP contribution in [0.15, 0.2) is 0 Å². The first-order chi connectivity index (χ1) is 5.85. The number of rotatable bonds is 8. The van der Waals surface area contributed by atoms with Crippen LogP contribution in [0.25, 0.3) is 0 Å². The average molecular weight is 284 g/mol. The number of unbranched alkanes of at least 4 members (excludes halogenated alkanes) is 2. The standard InChI is InChI=1S/C9H21IN2/c1-3-12(9-11-2)8-6-4-5-7-10/h11H,3-9H2,1-2H3. The molecule has 0 saturated carbocycles. The van der Waals surface area contributed by atoms with E-state index in [4.69, 9.17) is 0 Å². The van der Waals surface area contributed by atoms with Gasteiger partial charge >= 0.3 is 0 Å². The predicted octanol–water partition coefficient (Wildman–Crippen LogP) is 2.09. The van der Waals surface area contributed by atoms with Crippen molar-refractivity contribution in [1.82, 2.24) is 10.2 Å². The first-order valence-corrected chi connectivity index (χ1v) is 6.30. The fraction of sp³-hybridized carbons (Fsp3) is 1.00. The maximum absolute atomic E-state index is 3.18. The molecule has 0 atom stereocenters. The quantitative estimate of drug-likeness (QED) is 0.318. The van der Waals surface area contributed by atoms with Crippen LogP contribution in [0.5, 0.6) is 0 Å². The van der Waals surface area contributed by atoms with Gasteiger partial charge in [-0.3, -0.25) is 4.90 Å². The van der Waals surface area contributed by atoms with E-state index in [1.54, 1.807) is 0 Å². The van der Waals surface area contributed by atoms with Crippen molar-refractivity contribution in [2.45, 2.75) is 26.2 Å². The Labute approximate surface area is 90.2 Å². The summed E-state index contributed by atoms with van der Waals surface area (Å²) >= 11 is 2.44. The summed E-state index contributed by atoms with van der Waals surface area (Å²) in [6.45, 7) is 5.65. The van der Waals surface area contributed by atoms with E-state index in [1.165, 1.54) is 30.2 Å². The van der Waals surface area contributed by atoms with Gasteiger partial charge in [-0.25, -0.2) is 0 Å². The van der Waals surface area contributed by atoms with E-state index < -0.39 is 0 Å². The molecule has 0 radical (unpaired) electrons.